The smallest absolute Gasteiger partial charge is 0.173 e. The zero-order chi connectivity index (χ0) is 19.5. The van der Waals surface area contributed by atoms with Gasteiger partial charge in [-0.1, -0.05) is 25.8 Å². The molecule has 28 heavy (non-hydrogen) atoms. The Balaban J connectivity index is 1.74. The van der Waals surface area contributed by atoms with E-state index in [0.717, 1.165) is 54.7 Å². The Hall–Kier alpha value is -2.15. The van der Waals surface area contributed by atoms with E-state index in [1.54, 1.807) is 14.2 Å². The maximum Gasteiger partial charge on any atom is 0.173 e. The van der Waals surface area contributed by atoms with Crippen molar-refractivity contribution < 1.29 is 9.47 Å². The van der Waals surface area contributed by atoms with Crippen molar-refractivity contribution in [2.45, 2.75) is 57.5 Å². The van der Waals surface area contributed by atoms with Crippen molar-refractivity contribution in [1.82, 2.24) is 25.1 Å². The number of nitrogens with zero attached hydrogens (tertiary/aromatic N) is 5. The average molecular weight is 386 g/mol. The minimum Gasteiger partial charge on any atom is -0.493 e. The normalized spacial score (nSPS) is 20.4. The predicted octanol–water partition coefficient (Wildman–Crippen LogP) is 3.63. The molecule has 2 heterocycles. The van der Waals surface area contributed by atoms with Gasteiger partial charge in [-0.2, -0.15) is 0 Å². The Morgan fingerprint density at radius 2 is 1.71 bits per heavy atom. The predicted molar refractivity (Wildman–Crippen MR) is 107 cm³/mol. The molecule has 0 spiro atoms. The summed E-state index contributed by atoms with van der Waals surface area (Å²) in [6.45, 7) is 4.45. The molecule has 1 aromatic carbocycles. The summed E-state index contributed by atoms with van der Waals surface area (Å²) in [4.78, 5) is 2.53. The number of methoxy groups -OCH3 is 2. The molecule has 0 unspecified atom stereocenters. The van der Waals surface area contributed by atoms with Gasteiger partial charge in [0.1, 0.15) is 0 Å². The molecule has 2 fully saturated rings. The molecule has 1 aliphatic heterocycles. The number of tetrazole rings is 1. The molecule has 7 nitrogen and oxygen atoms in total. The Kier molecular flexibility index (Phi) is 5.80. The summed E-state index contributed by atoms with van der Waals surface area (Å²) in [7, 11) is 3.35. The van der Waals surface area contributed by atoms with Crippen LogP contribution in [0.5, 0.6) is 11.5 Å². The Morgan fingerprint density at radius 1 is 1.00 bits per heavy atom. The van der Waals surface area contributed by atoms with Gasteiger partial charge in [0.25, 0.3) is 0 Å². The van der Waals surface area contributed by atoms with Gasteiger partial charge in [0.15, 0.2) is 17.3 Å². The third-order valence-corrected chi connectivity index (χ3v) is 6.34. The van der Waals surface area contributed by atoms with Gasteiger partial charge in [-0.3, -0.25) is 4.90 Å². The topological polar surface area (TPSA) is 65.3 Å². The summed E-state index contributed by atoms with van der Waals surface area (Å²) in [5.41, 5.74) is 1.15. The molecular formula is C21H31N5O2. The molecule has 1 aliphatic carbocycles. The molecule has 1 aromatic heterocycles. The summed E-state index contributed by atoms with van der Waals surface area (Å²) in [6.07, 6.45) is 7.24. The number of ether oxygens (including phenoxy) is 2. The molecule has 4 rings (SSSR count). The molecule has 0 radical (unpaired) electrons. The van der Waals surface area contributed by atoms with Gasteiger partial charge in [0.2, 0.25) is 0 Å². The molecule has 152 valence electrons. The molecule has 1 saturated carbocycles. The van der Waals surface area contributed by atoms with Gasteiger partial charge >= 0.3 is 0 Å². The number of likely N-dealkylation sites (tertiary alicyclic amines) is 1. The van der Waals surface area contributed by atoms with E-state index in [2.05, 4.69) is 44.2 Å². The minimum absolute atomic E-state index is 0.0305. The number of hydrogen-bond acceptors (Lipinski definition) is 6. The van der Waals surface area contributed by atoms with Crippen molar-refractivity contribution in [2.24, 2.45) is 5.92 Å². The van der Waals surface area contributed by atoms with E-state index in [1.165, 1.54) is 25.7 Å². The monoisotopic (exact) mass is 385 g/mol. The molecule has 0 N–H and O–H groups in total. The maximum absolute atomic E-state index is 5.58. The van der Waals surface area contributed by atoms with E-state index < -0.39 is 0 Å². The fourth-order valence-corrected chi connectivity index (χ4v) is 4.62. The maximum atomic E-state index is 5.58. The minimum atomic E-state index is 0.0305. The van der Waals surface area contributed by atoms with E-state index in [9.17, 15) is 0 Å². The van der Waals surface area contributed by atoms with Gasteiger partial charge in [-0.05, 0) is 72.8 Å². The van der Waals surface area contributed by atoms with Crippen molar-refractivity contribution in [3.63, 3.8) is 0 Å². The number of rotatable bonds is 6. The lowest BCUT2D eigenvalue weighted by Crippen LogP contribution is -2.38. The second-order valence-electron chi connectivity index (χ2n) is 8.16. The van der Waals surface area contributed by atoms with Crippen LogP contribution < -0.4 is 9.47 Å². The second kappa shape index (κ2) is 8.47. The SMILES string of the molecule is COc1ccc([C@H](c2nnnn2C2CCCC2)N2CCC(C)CC2)cc1OC. The zero-order valence-corrected chi connectivity index (χ0v) is 17.2. The highest BCUT2D eigenvalue weighted by molar-refractivity contribution is 5.45. The van der Waals surface area contributed by atoms with Crippen LogP contribution in [0.25, 0.3) is 0 Å². The molecule has 0 amide bonds. The van der Waals surface area contributed by atoms with Gasteiger partial charge in [0.05, 0.1) is 26.3 Å². The number of aromatic nitrogens is 4. The lowest BCUT2D eigenvalue weighted by atomic mass is 9.95. The van der Waals surface area contributed by atoms with E-state index in [-0.39, 0.29) is 6.04 Å². The lowest BCUT2D eigenvalue weighted by Gasteiger charge is -2.36. The van der Waals surface area contributed by atoms with Gasteiger partial charge in [-0.15, -0.1) is 5.10 Å². The number of benzene rings is 1. The molecule has 0 bridgehead atoms. The van der Waals surface area contributed by atoms with Crippen LogP contribution >= 0.6 is 0 Å². The first-order chi connectivity index (χ1) is 13.7. The average Bonchev–Trinajstić information content (AvgIpc) is 3.41. The van der Waals surface area contributed by atoms with E-state index >= 15 is 0 Å². The van der Waals surface area contributed by atoms with Crippen LogP contribution in [0.3, 0.4) is 0 Å². The Labute approximate surface area is 167 Å². The van der Waals surface area contributed by atoms with Gasteiger partial charge < -0.3 is 9.47 Å². The quantitative estimate of drug-likeness (QED) is 0.757. The van der Waals surface area contributed by atoms with E-state index in [1.807, 2.05) is 6.07 Å². The van der Waals surface area contributed by atoms with Crippen molar-refractivity contribution in [2.75, 3.05) is 27.3 Å². The summed E-state index contributed by atoms with van der Waals surface area (Å²) < 4.78 is 13.1. The molecule has 1 atom stereocenters. The van der Waals surface area contributed by atoms with Crippen molar-refractivity contribution in [3.8, 4) is 11.5 Å². The van der Waals surface area contributed by atoms with E-state index in [0.29, 0.717) is 6.04 Å². The van der Waals surface area contributed by atoms with Crippen LogP contribution in [0.15, 0.2) is 18.2 Å². The van der Waals surface area contributed by atoms with Crippen molar-refractivity contribution in [3.05, 3.63) is 29.6 Å². The summed E-state index contributed by atoms with van der Waals surface area (Å²) in [5, 5.41) is 13.0. The number of hydrogen-bond donors (Lipinski definition) is 0. The standard InChI is InChI=1S/C21H31N5O2/c1-15-10-12-25(13-11-15)20(16-8-9-18(27-2)19(14-16)28-3)21-22-23-24-26(21)17-6-4-5-7-17/h8-9,14-15,17,20H,4-7,10-13H2,1-3H3/t20-/m1/s1. The third kappa shape index (κ3) is 3.72. The zero-order valence-electron chi connectivity index (χ0n) is 17.2. The molecule has 2 aliphatic rings. The largest absolute Gasteiger partial charge is 0.493 e. The first kappa shape index (κ1) is 19.2. The van der Waals surface area contributed by atoms with Crippen LogP contribution in [-0.2, 0) is 0 Å². The van der Waals surface area contributed by atoms with Gasteiger partial charge in [0, 0.05) is 0 Å². The van der Waals surface area contributed by atoms with Crippen LogP contribution in [0.4, 0.5) is 0 Å². The first-order valence-corrected chi connectivity index (χ1v) is 10.4. The highest BCUT2D eigenvalue weighted by Gasteiger charge is 2.33. The van der Waals surface area contributed by atoms with Crippen LogP contribution in [0, 0.1) is 5.92 Å². The fraction of sp³-hybridized carbons (Fsp3) is 0.667. The Morgan fingerprint density at radius 3 is 2.39 bits per heavy atom. The third-order valence-electron chi connectivity index (χ3n) is 6.34. The van der Waals surface area contributed by atoms with Gasteiger partial charge in [-0.25, -0.2) is 4.68 Å². The summed E-state index contributed by atoms with van der Waals surface area (Å²) in [5.74, 6) is 3.21. The fourth-order valence-electron chi connectivity index (χ4n) is 4.62. The molecular weight excluding hydrogens is 354 g/mol. The van der Waals surface area contributed by atoms with Crippen LogP contribution in [-0.4, -0.2) is 52.4 Å². The Bertz CT molecular complexity index is 779. The van der Waals surface area contributed by atoms with Crippen molar-refractivity contribution in [1.29, 1.82) is 0 Å². The molecule has 1 saturated heterocycles. The highest BCUT2D eigenvalue weighted by Crippen LogP contribution is 2.38. The summed E-state index contributed by atoms with van der Waals surface area (Å²) >= 11 is 0. The molecule has 7 heteroatoms. The second-order valence-corrected chi connectivity index (χ2v) is 8.16. The van der Waals surface area contributed by atoms with Crippen molar-refractivity contribution >= 4 is 0 Å². The number of piperidine rings is 1. The summed E-state index contributed by atoms with van der Waals surface area (Å²) in [6, 6.07) is 6.63. The van der Waals surface area contributed by atoms with Crippen LogP contribution in [0.2, 0.25) is 0 Å². The first-order valence-electron chi connectivity index (χ1n) is 10.4. The lowest BCUT2D eigenvalue weighted by molar-refractivity contribution is 0.148. The van der Waals surface area contributed by atoms with Crippen LogP contribution in [0.1, 0.15) is 68.9 Å². The van der Waals surface area contributed by atoms with E-state index in [4.69, 9.17) is 9.47 Å². The molecule has 2 aromatic rings. The highest BCUT2D eigenvalue weighted by atomic mass is 16.5.